The standard InChI is InChI=1S/C24H21F3/c1-3-4-19-13-14-20(24(27)23(19)26)12-8-17-6-10-18(11-7-17)21-9-5-16(2)22(25)15-21/h5-15H,3-4H2,1-2H3/b12-8+. The Hall–Kier alpha value is -2.81. The van der Waals surface area contributed by atoms with Gasteiger partial charge >= 0.3 is 0 Å². The summed E-state index contributed by atoms with van der Waals surface area (Å²) < 4.78 is 41.9. The maximum atomic E-state index is 14.2. The third kappa shape index (κ3) is 4.30. The first-order chi connectivity index (χ1) is 13.0. The minimum atomic E-state index is -0.816. The highest BCUT2D eigenvalue weighted by atomic mass is 19.2. The molecule has 0 N–H and O–H groups in total. The maximum absolute atomic E-state index is 14.2. The van der Waals surface area contributed by atoms with Crippen LogP contribution in [0.3, 0.4) is 0 Å². The van der Waals surface area contributed by atoms with Crippen LogP contribution in [-0.2, 0) is 6.42 Å². The quantitative estimate of drug-likeness (QED) is 0.419. The van der Waals surface area contributed by atoms with Crippen molar-refractivity contribution in [2.24, 2.45) is 0 Å². The molecule has 0 aromatic heterocycles. The Bertz CT molecular complexity index is 970. The molecule has 0 unspecified atom stereocenters. The molecular weight excluding hydrogens is 345 g/mol. The Balaban J connectivity index is 1.80. The summed E-state index contributed by atoms with van der Waals surface area (Å²) in [6.45, 7) is 3.66. The van der Waals surface area contributed by atoms with Crippen LogP contribution in [-0.4, -0.2) is 0 Å². The summed E-state index contributed by atoms with van der Waals surface area (Å²) in [5, 5.41) is 0. The molecule has 3 rings (SSSR count). The van der Waals surface area contributed by atoms with E-state index in [4.69, 9.17) is 0 Å². The average Bonchev–Trinajstić information content (AvgIpc) is 2.68. The lowest BCUT2D eigenvalue weighted by atomic mass is 10.0. The topological polar surface area (TPSA) is 0 Å². The van der Waals surface area contributed by atoms with Gasteiger partial charge < -0.3 is 0 Å². The van der Waals surface area contributed by atoms with Crippen LogP contribution in [0.4, 0.5) is 13.2 Å². The smallest absolute Gasteiger partial charge is 0.166 e. The van der Waals surface area contributed by atoms with E-state index in [2.05, 4.69) is 0 Å². The highest BCUT2D eigenvalue weighted by molar-refractivity contribution is 5.72. The molecule has 0 heterocycles. The zero-order valence-corrected chi connectivity index (χ0v) is 15.4. The summed E-state index contributed by atoms with van der Waals surface area (Å²) in [5.74, 6) is -1.82. The van der Waals surface area contributed by atoms with Crippen LogP contribution in [0.15, 0.2) is 54.6 Å². The van der Waals surface area contributed by atoms with E-state index < -0.39 is 11.6 Å². The van der Waals surface area contributed by atoms with Crippen LogP contribution in [0.25, 0.3) is 23.3 Å². The monoisotopic (exact) mass is 366 g/mol. The summed E-state index contributed by atoms with van der Waals surface area (Å²) in [6.07, 6.45) is 4.59. The molecule has 0 aliphatic rings. The van der Waals surface area contributed by atoms with Gasteiger partial charge in [0.1, 0.15) is 5.82 Å². The van der Waals surface area contributed by atoms with Crippen LogP contribution in [0, 0.1) is 24.4 Å². The molecule has 0 amide bonds. The molecule has 27 heavy (non-hydrogen) atoms. The van der Waals surface area contributed by atoms with Crippen LogP contribution in [0.1, 0.15) is 35.6 Å². The molecule has 0 saturated carbocycles. The van der Waals surface area contributed by atoms with E-state index >= 15 is 0 Å². The van der Waals surface area contributed by atoms with E-state index in [1.807, 2.05) is 37.3 Å². The van der Waals surface area contributed by atoms with Gasteiger partial charge in [0.2, 0.25) is 0 Å². The molecule has 0 bridgehead atoms. The molecule has 3 aromatic rings. The Kier molecular flexibility index (Phi) is 5.80. The summed E-state index contributed by atoms with van der Waals surface area (Å²) in [5.41, 5.74) is 3.78. The van der Waals surface area contributed by atoms with Gasteiger partial charge in [-0.25, -0.2) is 13.2 Å². The van der Waals surface area contributed by atoms with Crippen molar-refractivity contribution in [1.82, 2.24) is 0 Å². The number of hydrogen-bond donors (Lipinski definition) is 0. The lowest BCUT2D eigenvalue weighted by molar-refractivity contribution is 0.496. The molecule has 0 spiro atoms. The lowest BCUT2D eigenvalue weighted by Crippen LogP contribution is -1.96. The minimum absolute atomic E-state index is 0.219. The van der Waals surface area contributed by atoms with Gasteiger partial charge in [0.25, 0.3) is 0 Å². The normalized spacial score (nSPS) is 11.3. The second kappa shape index (κ2) is 8.26. The van der Waals surface area contributed by atoms with Gasteiger partial charge in [0.05, 0.1) is 0 Å². The van der Waals surface area contributed by atoms with Gasteiger partial charge in [-0.1, -0.05) is 74.0 Å². The van der Waals surface area contributed by atoms with Crippen molar-refractivity contribution in [2.45, 2.75) is 26.7 Å². The molecule has 0 nitrogen and oxygen atoms in total. The number of benzene rings is 3. The van der Waals surface area contributed by atoms with Gasteiger partial charge in [-0.3, -0.25) is 0 Å². The Morgan fingerprint density at radius 1 is 0.778 bits per heavy atom. The van der Waals surface area contributed by atoms with Gasteiger partial charge in [-0.2, -0.15) is 0 Å². The van der Waals surface area contributed by atoms with Crippen LogP contribution in [0.2, 0.25) is 0 Å². The van der Waals surface area contributed by atoms with Crippen molar-refractivity contribution < 1.29 is 13.2 Å². The van der Waals surface area contributed by atoms with Gasteiger partial charge in [0.15, 0.2) is 11.6 Å². The van der Waals surface area contributed by atoms with Crippen molar-refractivity contribution in [1.29, 1.82) is 0 Å². The van der Waals surface area contributed by atoms with E-state index in [0.29, 0.717) is 17.5 Å². The number of aryl methyl sites for hydroxylation is 2. The summed E-state index contributed by atoms with van der Waals surface area (Å²) >= 11 is 0. The molecule has 0 atom stereocenters. The second-order valence-electron chi connectivity index (χ2n) is 6.61. The van der Waals surface area contributed by atoms with Crippen molar-refractivity contribution in [3.63, 3.8) is 0 Å². The van der Waals surface area contributed by atoms with Crippen molar-refractivity contribution in [2.75, 3.05) is 0 Å². The predicted molar refractivity (Wildman–Crippen MR) is 106 cm³/mol. The third-order valence-corrected chi connectivity index (χ3v) is 4.58. The van der Waals surface area contributed by atoms with Crippen LogP contribution < -0.4 is 0 Å². The fourth-order valence-corrected chi connectivity index (χ4v) is 2.94. The zero-order valence-electron chi connectivity index (χ0n) is 15.4. The molecular formula is C24H21F3. The van der Waals surface area contributed by atoms with Crippen LogP contribution in [0.5, 0.6) is 0 Å². The molecule has 0 aliphatic carbocycles. The van der Waals surface area contributed by atoms with Gasteiger partial charge in [-0.15, -0.1) is 0 Å². The SMILES string of the molecule is CCCc1ccc(/C=C/c2ccc(-c3ccc(C)c(F)c3)cc2)c(F)c1F. The maximum Gasteiger partial charge on any atom is 0.166 e. The number of halogens is 3. The summed E-state index contributed by atoms with van der Waals surface area (Å²) in [4.78, 5) is 0. The van der Waals surface area contributed by atoms with E-state index in [-0.39, 0.29) is 11.4 Å². The molecule has 0 fully saturated rings. The molecule has 0 radical (unpaired) electrons. The van der Waals surface area contributed by atoms with Crippen molar-refractivity contribution in [3.8, 4) is 11.1 Å². The minimum Gasteiger partial charge on any atom is -0.207 e. The Labute approximate surface area is 158 Å². The molecule has 0 aliphatic heterocycles. The largest absolute Gasteiger partial charge is 0.207 e. The predicted octanol–water partition coefficient (Wildman–Crippen LogP) is 7.20. The summed E-state index contributed by atoms with van der Waals surface area (Å²) in [6, 6.07) is 15.9. The van der Waals surface area contributed by atoms with Crippen molar-refractivity contribution >= 4 is 12.2 Å². The van der Waals surface area contributed by atoms with Gasteiger partial charge in [0, 0.05) is 5.56 Å². The van der Waals surface area contributed by atoms with E-state index in [0.717, 1.165) is 23.1 Å². The van der Waals surface area contributed by atoms with Crippen LogP contribution >= 0.6 is 0 Å². The van der Waals surface area contributed by atoms with Gasteiger partial charge in [-0.05, 0) is 47.2 Å². The molecule has 0 saturated heterocycles. The fraction of sp³-hybridized carbons (Fsp3) is 0.167. The first-order valence-corrected chi connectivity index (χ1v) is 9.01. The molecule has 3 aromatic carbocycles. The first kappa shape index (κ1) is 19.0. The lowest BCUT2D eigenvalue weighted by Gasteiger charge is -2.06. The Morgan fingerprint density at radius 3 is 2.15 bits per heavy atom. The zero-order chi connectivity index (χ0) is 19.4. The second-order valence-corrected chi connectivity index (χ2v) is 6.61. The molecule has 138 valence electrons. The average molecular weight is 366 g/mol. The van der Waals surface area contributed by atoms with Crippen molar-refractivity contribution in [3.05, 3.63) is 94.3 Å². The highest BCUT2D eigenvalue weighted by Gasteiger charge is 2.11. The number of rotatable bonds is 5. The summed E-state index contributed by atoms with van der Waals surface area (Å²) in [7, 11) is 0. The fourth-order valence-electron chi connectivity index (χ4n) is 2.94. The van der Waals surface area contributed by atoms with E-state index in [1.54, 1.807) is 37.3 Å². The highest BCUT2D eigenvalue weighted by Crippen LogP contribution is 2.24. The third-order valence-electron chi connectivity index (χ3n) is 4.58. The molecule has 3 heteroatoms. The Morgan fingerprint density at radius 2 is 1.48 bits per heavy atom. The first-order valence-electron chi connectivity index (χ1n) is 9.01. The number of hydrogen-bond acceptors (Lipinski definition) is 0. The van der Waals surface area contributed by atoms with E-state index in [1.165, 1.54) is 6.07 Å². The van der Waals surface area contributed by atoms with E-state index in [9.17, 15) is 13.2 Å².